The van der Waals surface area contributed by atoms with Crippen LogP contribution < -0.4 is 0 Å². The van der Waals surface area contributed by atoms with Crippen LogP contribution >= 0.6 is 0 Å². The second-order valence-corrected chi connectivity index (χ2v) is 21.7. The average Bonchev–Trinajstić information content (AvgIpc) is 3.52. The van der Waals surface area contributed by atoms with Crippen molar-refractivity contribution >= 4 is 0 Å². The summed E-state index contributed by atoms with van der Waals surface area (Å²) in [6.07, 6.45) is -4.25. The average molecular weight is 959 g/mol. The molecule has 4 heterocycles. The lowest BCUT2D eigenvalue weighted by molar-refractivity contribution is -0.347. The van der Waals surface area contributed by atoms with Crippen LogP contribution in [-0.4, -0.2) is 193 Å². The fourth-order valence-electron chi connectivity index (χ4n) is 14.1. The summed E-state index contributed by atoms with van der Waals surface area (Å²) in [6.45, 7) is 12.8. The van der Waals surface area contributed by atoms with Gasteiger partial charge in [-0.1, -0.05) is 25.5 Å². The van der Waals surface area contributed by atoms with Gasteiger partial charge in [-0.2, -0.15) is 0 Å². The van der Waals surface area contributed by atoms with Crippen molar-refractivity contribution in [3.63, 3.8) is 0 Å². The van der Waals surface area contributed by atoms with Crippen LogP contribution in [-0.2, 0) is 56.8 Å². The number of rotatable bonds is 13. The van der Waals surface area contributed by atoms with Gasteiger partial charge in [-0.25, -0.2) is 0 Å². The van der Waals surface area contributed by atoms with Crippen LogP contribution in [0.3, 0.4) is 0 Å². The standard InChI is InChI=1S/C49H82O18/c1-24-41(52)31(56-8)19-38(60-24)65-43-26(3)62-40(21-33(43)58-10)67-44-27(4)63-39(22-34(44)59-11)66-42-25(2)61-37(20-32(42)57-9)64-30-13-14-45(6)29(18-30)12-15-48(54)35(45)23-36(51)46(7)47(53,28(5)50)16-17-49(46,48)55/h12,24-28,30-44,50-55H,13-23H2,1-11H3/t24-,25-,26-,27-,28+,30+,31-,32+,33-,34+,35-,36-,37+,38+,39+,40+,41-,42-,43-,44-,45+,46-,47-,48+,49-/m1/s1. The van der Waals surface area contributed by atoms with E-state index >= 15 is 0 Å². The first-order valence-corrected chi connectivity index (χ1v) is 24.9. The third-order valence-corrected chi connectivity index (χ3v) is 18.3. The van der Waals surface area contributed by atoms with Gasteiger partial charge in [-0.3, -0.25) is 0 Å². The molecule has 4 aliphatic heterocycles. The van der Waals surface area contributed by atoms with Crippen LogP contribution in [0.4, 0.5) is 0 Å². The molecular formula is C49H82O18. The van der Waals surface area contributed by atoms with E-state index in [9.17, 15) is 30.6 Å². The van der Waals surface area contributed by atoms with Crippen LogP contribution in [0, 0.1) is 16.7 Å². The zero-order valence-corrected chi connectivity index (χ0v) is 41.5. The van der Waals surface area contributed by atoms with Gasteiger partial charge < -0.3 is 87.5 Å². The molecular weight excluding hydrogens is 877 g/mol. The number of methoxy groups -OCH3 is 4. The summed E-state index contributed by atoms with van der Waals surface area (Å²) in [7, 11) is 6.50. The van der Waals surface area contributed by atoms with Gasteiger partial charge in [0.05, 0.1) is 72.6 Å². The number of aliphatic hydroxyl groups excluding tert-OH is 3. The first kappa shape index (κ1) is 52.3. The predicted molar refractivity (Wildman–Crippen MR) is 237 cm³/mol. The molecule has 4 aliphatic carbocycles. The maximum absolute atomic E-state index is 12.6. The Hall–Kier alpha value is -0.980. The molecule has 0 bridgehead atoms. The Kier molecular flexibility index (Phi) is 15.5. The van der Waals surface area contributed by atoms with Gasteiger partial charge in [0.1, 0.15) is 41.2 Å². The highest BCUT2D eigenvalue weighted by Crippen LogP contribution is 2.70. The Bertz CT molecular complexity index is 1720. The van der Waals surface area contributed by atoms with E-state index in [-0.39, 0.29) is 50.1 Å². The number of hydrogen-bond donors (Lipinski definition) is 6. The lowest BCUT2D eigenvalue weighted by Gasteiger charge is -2.67. The number of aliphatic hydroxyl groups is 6. The van der Waals surface area contributed by atoms with Crippen molar-refractivity contribution in [2.45, 2.75) is 253 Å². The maximum atomic E-state index is 12.6. The lowest BCUT2D eigenvalue weighted by Crippen LogP contribution is -2.78. The molecule has 4 saturated heterocycles. The molecule has 18 heteroatoms. The first-order chi connectivity index (χ1) is 31.6. The van der Waals surface area contributed by atoms with Crippen molar-refractivity contribution < 1.29 is 87.5 Å². The minimum absolute atomic E-state index is 0.0702. The van der Waals surface area contributed by atoms with E-state index in [0.29, 0.717) is 44.9 Å². The number of ether oxygens (including phenoxy) is 12. The summed E-state index contributed by atoms with van der Waals surface area (Å²) in [5, 5.41) is 69.6. The van der Waals surface area contributed by atoms with E-state index in [2.05, 4.69) is 6.92 Å². The fourth-order valence-corrected chi connectivity index (χ4v) is 14.1. The second-order valence-electron chi connectivity index (χ2n) is 21.7. The Balaban J connectivity index is 0.847. The molecule has 0 aromatic heterocycles. The SMILES string of the molecule is CO[C@H]1C[C@H](O[C@H]2CC[C@@]3(C)C(=CC[C@]4(O)[C@@H]3C[C@@H](O)[C@@]3(C)[C@]4(O)CC[C@@]3(O)[C@H](C)O)C2)O[C@H](C)[C@H]1O[C@H]1C[C@H](OC)[C@H](O[C@H]2C[C@@H](OC)[C@H](O[C@H]3C[C@@H](OC)[C@H](O)[C@@H](C)O3)[C@@H](C)O2)[C@@H](C)O1. The molecule has 6 N–H and O–H groups in total. The molecule has 0 aromatic rings. The molecule has 386 valence electrons. The summed E-state index contributed by atoms with van der Waals surface area (Å²) in [6, 6.07) is 0. The van der Waals surface area contributed by atoms with Crippen molar-refractivity contribution in [2.24, 2.45) is 16.7 Å². The molecule has 0 spiro atoms. The minimum Gasteiger partial charge on any atom is -0.392 e. The van der Waals surface area contributed by atoms with Gasteiger partial charge in [0.15, 0.2) is 25.2 Å². The van der Waals surface area contributed by atoms with Crippen molar-refractivity contribution in [1.29, 1.82) is 0 Å². The van der Waals surface area contributed by atoms with Crippen molar-refractivity contribution in [3.05, 3.63) is 11.6 Å². The van der Waals surface area contributed by atoms with Crippen LogP contribution in [0.5, 0.6) is 0 Å². The summed E-state index contributed by atoms with van der Waals surface area (Å²) in [5.74, 6) is -0.467. The van der Waals surface area contributed by atoms with Crippen LogP contribution in [0.2, 0.25) is 0 Å². The van der Waals surface area contributed by atoms with Crippen molar-refractivity contribution in [3.8, 4) is 0 Å². The summed E-state index contributed by atoms with van der Waals surface area (Å²) in [4.78, 5) is 0. The third kappa shape index (κ3) is 8.83. The van der Waals surface area contributed by atoms with E-state index in [0.717, 1.165) is 5.57 Å². The molecule has 0 unspecified atom stereocenters. The Morgan fingerprint density at radius 2 is 1.06 bits per heavy atom. The largest absolute Gasteiger partial charge is 0.392 e. The minimum atomic E-state index is -1.81. The topological polar surface area (TPSA) is 232 Å². The Labute approximate surface area is 396 Å². The monoisotopic (exact) mass is 959 g/mol. The Morgan fingerprint density at radius 1 is 0.612 bits per heavy atom. The van der Waals surface area contributed by atoms with Gasteiger partial charge >= 0.3 is 0 Å². The number of fused-ring (bicyclic) bond motifs is 5. The maximum Gasteiger partial charge on any atom is 0.161 e. The van der Waals surface area contributed by atoms with E-state index in [1.807, 2.05) is 26.8 Å². The summed E-state index contributed by atoms with van der Waals surface area (Å²) < 4.78 is 75.0. The Morgan fingerprint density at radius 3 is 1.52 bits per heavy atom. The first-order valence-electron chi connectivity index (χ1n) is 24.9. The normalized spacial score (nSPS) is 54.1. The molecule has 25 atom stereocenters. The van der Waals surface area contributed by atoms with Gasteiger partial charge in [0.25, 0.3) is 0 Å². The van der Waals surface area contributed by atoms with Gasteiger partial charge in [-0.05, 0) is 85.0 Å². The van der Waals surface area contributed by atoms with Crippen molar-refractivity contribution in [2.75, 3.05) is 28.4 Å². The van der Waals surface area contributed by atoms with E-state index in [1.54, 1.807) is 42.3 Å². The predicted octanol–water partition coefficient (Wildman–Crippen LogP) is 2.76. The highest BCUT2D eigenvalue weighted by Gasteiger charge is 2.80. The molecule has 67 heavy (non-hydrogen) atoms. The molecule has 0 radical (unpaired) electrons. The lowest BCUT2D eigenvalue weighted by atomic mass is 9.42. The van der Waals surface area contributed by atoms with Crippen LogP contribution in [0.1, 0.15) is 119 Å². The van der Waals surface area contributed by atoms with Gasteiger partial charge in [0.2, 0.25) is 0 Å². The highest BCUT2D eigenvalue weighted by atomic mass is 16.8. The molecule has 8 rings (SSSR count). The molecule has 18 nitrogen and oxygen atoms in total. The van der Waals surface area contributed by atoms with Gasteiger partial charge in [0, 0.05) is 60.0 Å². The van der Waals surface area contributed by atoms with Crippen LogP contribution in [0.15, 0.2) is 11.6 Å². The molecule has 3 saturated carbocycles. The summed E-state index contributed by atoms with van der Waals surface area (Å²) >= 11 is 0. The zero-order chi connectivity index (χ0) is 48.6. The second kappa shape index (κ2) is 19.8. The van der Waals surface area contributed by atoms with E-state index < -0.39 is 126 Å². The molecule has 8 aliphatic rings. The quantitative estimate of drug-likeness (QED) is 0.146. The van der Waals surface area contributed by atoms with E-state index in [1.165, 1.54) is 6.92 Å². The molecule has 0 amide bonds. The third-order valence-electron chi connectivity index (χ3n) is 18.3. The zero-order valence-electron chi connectivity index (χ0n) is 41.5. The fraction of sp³-hybridized carbons (Fsp3) is 0.959. The van der Waals surface area contributed by atoms with Crippen LogP contribution in [0.25, 0.3) is 0 Å². The van der Waals surface area contributed by atoms with Crippen molar-refractivity contribution in [1.82, 2.24) is 0 Å². The van der Waals surface area contributed by atoms with Gasteiger partial charge in [-0.15, -0.1) is 0 Å². The highest BCUT2D eigenvalue weighted by molar-refractivity contribution is 5.36. The van der Waals surface area contributed by atoms with E-state index in [4.69, 9.17) is 56.8 Å². The molecule has 7 fully saturated rings. The summed E-state index contributed by atoms with van der Waals surface area (Å²) in [5.41, 5.74) is -6.08. The smallest absolute Gasteiger partial charge is 0.161 e. The molecule has 0 aromatic carbocycles. The number of hydrogen-bond acceptors (Lipinski definition) is 18.